The largest absolute Gasteiger partial charge is 0.491 e. The Morgan fingerprint density at radius 1 is 1.27 bits per heavy atom. The van der Waals surface area contributed by atoms with Gasteiger partial charge in [-0.05, 0) is 55.0 Å². The van der Waals surface area contributed by atoms with Crippen LogP contribution in [0.15, 0.2) is 53.4 Å². The number of halogens is 1. The molecule has 1 aliphatic carbocycles. The van der Waals surface area contributed by atoms with Gasteiger partial charge in [-0.1, -0.05) is 12.1 Å². The van der Waals surface area contributed by atoms with Crippen molar-refractivity contribution < 1.29 is 28.2 Å². The molecule has 0 unspecified atom stereocenters. The van der Waals surface area contributed by atoms with Gasteiger partial charge in [-0.3, -0.25) is 4.79 Å². The van der Waals surface area contributed by atoms with Gasteiger partial charge in [0.2, 0.25) is 0 Å². The summed E-state index contributed by atoms with van der Waals surface area (Å²) in [4.78, 5) is 35.0. The van der Waals surface area contributed by atoms with Crippen molar-refractivity contribution >= 4 is 33.9 Å². The Balaban J connectivity index is 1.23. The zero-order valence-corrected chi connectivity index (χ0v) is 24.3. The van der Waals surface area contributed by atoms with Gasteiger partial charge in [-0.25, -0.2) is 19.2 Å². The molecule has 228 valence electrons. The van der Waals surface area contributed by atoms with E-state index in [2.05, 4.69) is 31.6 Å². The van der Waals surface area contributed by atoms with Gasteiger partial charge in [0, 0.05) is 44.1 Å². The van der Waals surface area contributed by atoms with E-state index in [1.807, 2.05) is 31.3 Å². The Bertz CT molecular complexity index is 1860. The molecule has 0 saturated heterocycles. The van der Waals surface area contributed by atoms with Crippen molar-refractivity contribution in [1.29, 1.82) is 0 Å². The lowest BCUT2D eigenvalue weighted by molar-refractivity contribution is 0.0714. The molecule has 2 amide bonds. The monoisotopic (exact) mass is 600 g/mol. The molecule has 2 aromatic carbocycles. The molecule has 12 heteroatoms. The smallest absolute Gasteiger partial charge is 0.405 e. The van der Waals surface area contributed by atoms with E-state index in [1.54, 1.807) is 6.20 Å². The van der Waals surface area contributed by atoms with Crippen molar-refractivity contribution in [3.8, 4) is 17.3 Å². The summed E-state index contributed by atoms with van der Waals surface area (Å²) in [5.74, 6) is 2.72. The van der Waals surface area contributed by atoms with Gasteiger partial charge in [-0.15, -0.1) is 0 Å². The highest BCUT2D eigenvalue weighted by atomic mass is 19.1. The fourth-order valence-electron chi connectivity index (χ4n) is 6.16. The van der Waals surface area contributed by atoms with Crippen LogP contribution in [0, 0.1) is 5.92 Å². The second-order valence-electron chi connectivity index (χ2n) is 11.6. The van der Waals surface area contributed by atoms with E-state index in [9.17, 15) is 14.0 Å². The number of carbonyl (C=O) groups excluding carboxylic acids is 1. The van der Waals surface area contributed by atoms with Crippen LogP contribution in [0.5, 0.6) is 5.75 Å². The molecule has 0 bridgehead atoms. The number of ether oxygens (including phenoxy) is 1. The fraction of sp³-hybridized carbons (Fsp3) is 0.375. The number of aromatic nitrogens is 4. The molecule has 1 fully saturated rings. The highest BCUT2D eigenvalue weighted by Gasteiger charge is 2.30. The molecule has 2 N–H and O–H groups in total. The molecular formula is C32H33FN6O5. The van der Waals surface area contributed by atoms with Crippen LogP contribution in [0.2, 0.25) is 0 Å². The van der Waals surface area contributed by atoms with Crippen LogP contribution in [0.25, 0.3) is 33.5 Å². The van der Waals surface area contributed by atoms with Crippen LogP contribution in [0.4, 0.5) is 9.18 Å². The number of imidazole rings is 1. The van der Waals surface area contributed by atoms with E-state index in [1.165, 1.54) is 24.1 Å². The first-order valence-electron chi connectivity index (χ1n) is 14.9. The van der Waals surface area contributed by atoms with E-state index in [0.29, 0.717) is 43.0 Å². The first-order valence-corrected chi connectivity index (χ1v) is 14.9. The molecule has 1 atom stereocenters. The molecule has 0 radical (unpaired) electrons. The Morgan fingerprint density at radius 2 is 2.14 bits per heavy atom. The van der Waals surface area contributed by atoms with Gasteiger partial charge in [0.25, 0.3) is 5.91 Å². The lowest BCUT2D eigenvalue weighted by Gasteiger charge is -2.31. The van der Waals surface area contributed by atoms with Gasteiger partial charge in [0.1, 0.15) is 18.2 Å². The number of nitrogens with one attached hydrogen (secondary N) is 1. The van der Waals surface area contributed by atoms with Crippen molar-refractivity contribution in [2.24, 2.45) is 13.0 Å². The van der Waals surface area contributed by atoms with Crippen LogP contribution in [0.1, 0.15) is 34.5 Å². The van der Waals surface area contributed by atoms with Crippen molar-refractivity contribution in [3.05, 3.63) is 65.9 Å². The molecule has 4 heterocycles. The van der Waals surface area contributed by atoms with Gasteiger partial charge in [0.05, 0.1) is 41.1 Å². The quantitative estimate of drug-likeness (QED) is 0.223. The van der Waals surface area contributed by atoms with E-state index < -0.39 is 18.8 Å². The topological polar surface area (TPSA) is 128 Å². The first-order chi connectivity index (χ1) is 21.4. The van der Waals surface area contributed by atoms with Crippen LogP contribution in [0.3, 0.4) is 0 Å². The molecule has 1 aliphatic heterocycles. The summed E-state index contributed by atoms with van der Waals surface area (Å²) in [7, 11) is 1.99. The number of para-hydroxylation sites is 1. The lowest BCUT2D eigenvalue weighted by Crippen LogP contribution is -2.48. The number of nitrogens with zero attached hydrogens (tertiary/aromatic N) is 5. The molecule has 3 aromatic heterocycles. The van der Waals surface area contributed by atoms with Crippen LogP contribution in [-0.2, 0) is 26.4 Å². The summed E-state index contributed by atoms with van der Waals surface area (Å²) in [6.45, 7) is 0.772. The van der Waals surface area contributed by atoms with E-state index in [0.717, 1.165) is 51.6 Å². The number of fused-ring (bicyclic) bond motifs is 3. The summed E-state index contributed by atoms with van der Waals surface area (Å²) in [6, 6.07) is 11.1. The molecule has 44 heavy (non-hydrogen) atoms. The van der Waals surface area contributed by atoms with Crippen molar-refractivity contribution in [2.75, 3.05) is 26.4 Å². The number of alkyl halides is 1. The SMILES string of the molecule is Cn1c(-c2cc3cccc(OCCc4cnco4)c3n2CC2CC2)nc2cc3c(cc21)CCN(C[C@@H](CF)NC(=O)O)C3=O. The zero-order valence-electron chi connectivity index (χ0n) is 24.3. The summed E-state index contributed by atoms with van der Waals surface area (Å²) in [6.07, 6.45) is 5.38. The Hall–Kier alpha value is -4.87. The number of carbonyl (C=O) groups is 2. The fourth-order valence-corrected chi connectivity index (χ4v) is 6.16. The number of hydrogen-bond acceptors (Lipinski definition) is 6. The Kier molecular flexibility index (Phi) is 7.19. The average Bonchev–Trinajstić information content (AvgIpc) is 3.38. The van der Waals surface area contributed by atoms with Crippen LogP contribution < -0.4 is 10.1 Å². The van der Waals surface area contributed by atoms with E-state index in [4.69, 9.17) is 19.2 Å². The molecule has 11 nitrogen and oxygen atoms in total. The predicted molar refractivity (Wildman–Crippen MR) is 161 cm³/mol. The second kappa shape index (κ2) is 11.3. The van der Waals surface area contributed by atoms with E-state index >= 15 is 0 Å². The molecule has 7 rings (SSSR count). The standard InChI is InChI=1S/C32H33FN6O5/c1-37-26-11-20-7-9-38(17-22(14-33)35-32(41)42)31(40)24(20)13-25(26)36-30(37)27-12-21-3-2-4-28(29(21)39(27)16-19-5-6-19)43-10-8-23-15-34-18-44-23/h2-4,11-13,15,18-19,22,35H,5-10,14,16-17H2,1H3,(H,41,42)/t22-/m1/s1. The molecular weight excluding hydrogens is 567 g/mol. The third-order valence-corrected chi connectivity index (χ3v) is 8.57. The maximum atomic E-state index is 13.5. The number of benzene rings is 2. The third-order valence-electron chi connectivity index (χ3n) is 8.57. The average molecular weight is 601 g/mol. The highest BCUT2D eigenvalue weighted by molar-refractivity contribution is 6.01. The number of carboxylic acid groups (broad SMARTS) is 1. The molecule has 0 spiro atoms. The first kappa shape index (κ1) is 27.9. The third kappa shape index (κ3) is 5.24. The number of oxazole rings is 1. The zero-order chi connectivity index (χ0) is 30.4. The number of amides is 2. The Morgan fingerprint density at radius 3 is 2.89 bits per heavy atom. The minimum absolute atomic E-state index is 0.0311. The van der Waals surface area contributed by atoms with Crippen LogP contribution >= 0.6 is 0 Å². The highest BCUT2D eigenvalue weighted by Crippen LogP contribution is 2.39. The minimum atomic E-state index is -1.32. The van der Waals surface area contributed by atoms with Gasteiger partial charge in [0.15, 0.2) is 12.2 Å². The summed E-state index contributed by atoms with van der Waals surface area (Å²) >= 11 is 0. The van der Waals surface area contributed by atoms with E-state index in [-0.39, 0.29) is 12.5 Å². The maximum Gasteiger partial charge on any atom is 0.405 e. The predicted octanol–water partition coefficient (Wildman–Crippen LogP) is 4.82. The van der Waals surface area contributed by atoms with Crippen molar-refractivity contribution in [3.63, 3.8) is 0 Å². The maximum absolute atomic E-state index is 13.5. The van der Waals surface area contributed by atoms with Gasteiger partial charge >= 0.3 is 6.09 Å². The molecule has 1 saturated carbocycles. The summed E-state index contributed by atoms with van der Waals surface area (Å²) in [5, 5.41) is 12.2. The lowest BCUT2D eigenvalue weighted by atomic mass is 9.97. The van der Waals surface area contributed by atoms with Crippen molar-refractivity contribution in [2.45, 2.75) is 38.3 Å². The summed E-state index contributed by atoms with van der Waals surface area (Å²) in [5.41, 5.74) is 5.03. The summed E-state index contributed by atoms with van der Waals surface area (Å²) < 4.78 is 29.5. The minimum Gasteiger partial charge on any atom is -0.491 e. The van der Waals surface area contributed by atoms with Crippen molar-refractivity contribution in [1.82, 2.24) is 29.3 Å². The Labute approximate surface area is 252 Å². The van der Waals surface area contributed by atoms with Crippen LogP contribution in [-0.4, -0.2) is 73.5 Å². The normalized spacial score (nSPS) is 15.6. The number of hydrogen-bond donors (Lipinski definition) is 2. The second-order valence-corrected chi connectivity index (χ2v) is 11.6. The molecule has 5 aromatic rings. The number of rotatable bonds is 11. The van der Waals surface area contributed by atoms with Gasteiger partial charge in [-0.2, -0.15) is 0 Å². The van der Waals surface area contributed by atoms with Gasteiger partial charge < -0.3 is 33.6 Å². The number of aryl methyl sites for hydroxylation is 1. The molecule has 2 aliphatic rings.